The van der Waals surface area contributed by atoms with Gasteiger partial charge in [0.25, 0.3) is 0 Å². The summed E-state index contributed by atoms with van der Waals surface area (Å²) < 4.78 is 0.983. The summed E-state index contributed by atoms with van der Waals surface area (Å²) in [6, 6.07) is 8.95. The van der Waals surface area contributed by atoms with Crippen LogP contribution in [0, 0.1) is 6.92 Å². The van der Waals surface area contributed by atoms with Gasteiger partial charge in [-0.05, 0) is 19.4 Å². The van der Waals surface area contributed by atoms with Crippen LogP contribution in [0.25, 0.3) is 0 Å². The zero-order valence-electron chi connectivity index (χ0n) is 8.68. The maximum atomic E-state index is 3.79. The zero-order valence-corrected chi connectivity index (χ0v) is 10.3. The third-order valence-electron chi connectivity index (χ3n) is 2.18. The molecule has 1 atom stereocenters. The molecule has 0 aromatic heterocycles. The lowest BCUT2D eigenvalue weighted by Crippen LogP contribution is -2.19. The molecule has 1 aromatic rings. The van der Waals surface area contributed by atoms with Gasteiger partial charge in [-0.1, -0.05) is 52.3 Å². The van der Waals surface area contributed by atoms with Crippen LogP contribution in [-0.4, -0.2) is 6.54 Å². The lowest BCUT2D eigenvalue weighted by molar-refractivity contribution is 0.616. The third-order valence-corrected chi connectivity index (χ3v) is 2.46. The summed E-state index contributed by atoms with van der Waals surface area (Å²) >= 11 is 3.33. The summed E-state index contributed by atoms with van der Waals surface area (Å²) in [5.41, 5.74) is 2.61. The maximum Gasteiger partial charge on any atom is 0.0295 e. The van der Waals surface area contributed by atoms with Crippen LogP contribution in [0.4, 0.5) is 0 Å². The van der Waals surface area contributed by atoms with Gasteiger partial charge in [0.2, 0.25) is 0 Å². The molecule has 0 aliphatic carbocycles. The predicted octanol–water partition coefficient (Wildman–Crippen LogP) is 3.55. The molecule has 0 aliphatic heterocycles. The molecule has 0 unspecified atom stereocenters. The molecule has 0 bridgehead atoms. The molecule has 76 valence electrons. The fourth-order valence-corrected chi connectivity index (χ4v) is 1.40. The Hall–Kier alpha value is -0.600. The average molecular weight is 254 g/mol. The van der Waals surface area contributed by atoms with Gasteiger partial charge in [0.05, 0.1) is 0 Å². The number of hydrogen-bond acceptors (Lipinski definition) is 1. The second-order valence-corrected chi connectivity index (χ2v) is 4.65. The highest BCUT2D eigenvalue weighted by molar-refractivity contribution is 9.11. The van der Waals surface area contributed by atoms with Crippen molar-refractivity contribution in [2.45, 2.75) is 19.9 Å². The van der Waals surface area contributed by atoms with Crippen LogP contribution in [0.2, 0.25) is 0 Å². The first-order valence-electron chi connectivity index (χ1n) is 4.73. The molecule has 0 fully saturated rings. The minimum Gasteiger partial charge on any atom is -0.306 e. The van der Waals surface area contributed by atoms with Gasteiger partial charge >= 0.3 is 0 Å². The number of benzene rings is 1. The Morgan fingerprint density at radius 3 is 2.50 bits per heavy atom. The van der Waals surface area contributed by atoms with E-state index >= 15 is 0 Å². The standard InChI is InChI=1S/C12H16BrN/c1-9-4-6-12(7-5-9)11(3)14-8-10(2)13/h4-7,11,14H,2,8H2,1,3H3/t11-/m1/s1. The number of aryl methyl sites for hydroxylation is 1. The largest absolute Gasteiger partial charge is 0.306 e. The second kappa shape index (κ2) is 5.32. The van der Waals surface area contributed by atoms with Crippen LogP contribution >= 0.6 is 15.9 Å². The van der Waals surface area contributed by atoms with Crippen LogP contribution in [0.1, 0.15) is 24.1 Å². The highest BCUT2D eigenvalue weighted by Gasteiger charge is 2.03. The highest BCUT2D eigenvalue weighted by Crippen LogP contribution is 2.13. The first kappa shape index (κ1) is 11.5. The molecule has 1 aromatic carbocycles. The van der Waals surface area contributed by atoms with E-state index in [0.717, 1.165) is 11.0 Å². The molecule has 0 heterocycles. The molecule has 0 spiro atoms. The van der Waals surface area contributed by atoms with E-state index in [-0.39, 0.29) is 0 Å². The summed E-state index contributed by atoms with van der Waals surface area (Å²) in [5.74, 6) is 0. The summed E-state index contributed by atoms with van der Waals surface area (Å²) in [4.78, 5) is 0. The van der Waals surface area contributed by atoms with E-state index in [9.17, 15) is 0 Å². The Labute approximate surface area is 94.3 Å². The smallest absolute Gasteiger partial charge is 0.0295 e. The van der Waals surface area contributed by atoms with Crippen molar-refractivity contribution in [1.29, 1.82) is 0 Å². The molecule has 0 saturated heterocycles. The van der Waals surface area contributed by atoms with E-state index in [0.29, 0.717) is 6.04 Å². The lowest BCUT2D eigenvalue weighted by atomic mass is 10.1. The molecule has 0 aliphatic rings. The quantitative estimate of drug-likeness (QED) is 0.866. The van der Waals surface area contributed by atoms with E-state index in [1.807, 2.05) is 0 Å². The van der Waals surface area contributed by atoms with Gasteiger partial charge in [-0.2, -0.15) is 0 Å². The Bertz CT molecular complexity index is 303. The third kappa shape index (κ3) is 3.64. The van der Waals surface area contributed by atoms with Crippen molar-refractivity contribution in [2.75, 3.05) is 6.54 Å². The lowest BCUT2D eigenvalue weighted by Gasteiger charge is -2.13. The molecule has 1 nitrogen and oxygen atoms in total. The number of halogens is 1. The molecule has 14 heavy (non-hydrogen) atoms. The van der Waals surface area contributed by atoms with E-state index < -0.39 is 0 Å². The van der Waals surface area contributed by atoms with Crippen LogP contribution in [0.3, 0.4) is 0 Å². The Morgan fingerprint density at radius 1 is 1.43 bits per heavy atom. The van der Waals surface area contributed by atoms with Crippen LogP contribution in [-0.2, 0) is 0 Å². The summed E-state index contributed by atoms with van der Waals surface area (Å²) in [5, 5.41) is 3.37. The van der Waals surface area contributed by atoms with Crippen molar-refractivity contribution in [3.05, 3.63) is 46.5 Å². The fraction of sp³-hybridized carbons (Fsp3) is 0.333. The van der Waals surface area contributed by atoms with Crippen LogP contribution in [0.5, 0.6) is 0 Å². The van der Waals surface area contributed by atoms with Crippen molar-refractivity contribution in [3.63, 3.8) is 0 Å². The Kier molecular flexibility index (Phi) is 4.36. The maximum absolute atomic E-state index is 3.79. The van der Waals surface area contributed by atoms with Crippen molar-refractivity contribution in [1.82, 2.24) is 5.32 Å². The molecule has 0 amide bonds. The first-order valence-corrected chi connectivity index (χ1v) is 5.52. The fourth-order valence-electron chi connectivity index (χ4n) is 1.24. The molecule has 1 N–H and O–H groups in total. The summed E-state index contributed by atoms with van der Waals surface area (Å²) in [6.07, 6.45) is 0. The van der Waals surface area contributed by atoms with Crippen molar-refractivity contribution < 1.29 is 0 Å². The van der Waals surface area contributed by atoms with E-state index in [4.69, 9.17) is 0 Å². The molecule has 0 saturated carbocycles. The van der Waals surface area contributed by atoms with Crippen molar-refractivity contribution in [2.24, 2.45) is 0 Å². The van der Waals surface area contributed by atoms with Crippen LogP contribution < -0.4 is 5.32 Å². The normalized spacial score (nSPS) is 12.5. The Morgan fingerprint density at radius 2 is 2.00 bits per heavy atom. The molecule has 1 rings (SSSR count). The number of nitrogens with one attached hydrogen (secondary N) is 1. The summed E-state index contributed by atoms with van der Waals surface area (Å²) in [7, 11) is 0. The van der Waals surface area contributed by atoms with Gasteiger partial charge in [-0.25, -0.2) is 0 Å². The Balaban J connectivity index is 2.56. The molecular weight excluding hydrogens is 238 g/mol. The van der Waals surface area contributed by atoms with Crippen molar-refractivity contribution >= 4 is 15.9 Å². The SMILES string of the molecule is C=C(Br)CN[C@H](C)c1ccc(C)cc1. The van der Waals surface area contributed by atoms with E-state index in [1.54, 1.807) is 0 Å². The van der Waals surface area contributed by atoms with E-state index in [2.05, 4.69) is 65.9 Å². The summed E-state index contributed by atoms with van der Waals surface area (Å²) in [6.45, 7) is 8.84. The monoisotopic (exact) mass is 253 g/mol. The van der Waals surface area contributed by atoms with Gasteiger partial charge in [-0.15, -0.1) is 0 Å². The molecular formula is C12H16BrN. The topological polar surface area (TPSA) is 12.0 Å². The van der Waals surface area contributed by atoms with Gasteiger partial charge in [0.1, 0.15) is 0 Å². The number of hydrogen-bond donors (Lipinski definition) is 1. The van der Waals surface area contributed by atoms with Gasteiger partial charge < -0.3 is 5.32 Å². The van der Waals surface area contributed by atoms with Gasteiger partial charge in [0.15, 0.2) is 0 Å². The molecule has 2 heteroatoms. The molecule has 0 radical (unpaired) electrons. The second-order valence-electron chi connectivity index (χ2n) is 3.53. The van der Waals surface area contributed by atoms with E-state index in [1.165, 1.54) is 11.1 Å². The van der Waals surface area contributed by atoms with Crippen LogP contribution in [0.15, 0.2) is 35.3 Å². The zero-order chi connectivity index (χ0) is 10.6. The van der Waals surface area contributed by atoms with Gasteiger partial charge in [-0.3, -0.25) is 0 Å². The number of rotatable bonds is 4. The predicted molar refractivity (Wildman–Crippen MR) is 65.7 cm³/mol. The first-order chi connectivity index (χ1) is 6.59. The highest BCUT2D eigenvalue weighted by atomic mass is 79.9. The van der Waals surface area contributed by atoms with Gasteiger partial charge in [0, 0.05) is 17.1 Å². The average Bonchev–Trinajstić information content (AvgIpc) is 2.15. The minimum absolute atomic E-state index is 0.366. The van der Waals surface area contributed by atoms with Crippen molar-refractivity contribution in [3.8, 4) is 0 Å². The minimum atomic E-state index is 0.366.